The topological polar surface area (TPSA) is 42.4 Å². The zero-order valence-electron chi connectivity index (χ0n) is 15.1. The fourth-order valence-corrected chi connectivity index (χ4v) is 3.62. The Bertz CT molecular complexity index is 939. The highest BCUT2D eigenvalue weighted by Crippen LogP contribution is 2.27. The normalized spacial score (nSPS) is 20.3. The number of aromatic nitrogens is 1. The molecule has 4 rings (SSSR count). The molecule has 1 aromatic heterocycles. The molecule has 0 bridgehead atoms. The summed E-state index contributed by atoms with van der Waals surface area (Å²) in [5, 5.41) is 0.901. The fraction of sp³-hybridized carbons (Fsp3) is 0.273. The number of amides is 1. The first-order valence-corrected chi connectivity index (χ1v) is 8.98. The van der Waals surface area contributed by atoms with Crippen molar-refractivity contribution in [2.75, 3.05) is 13.1 Å². The third-order valence-corrected chi connectivity index (χ3v) is 4.79. The summed E-state index contributed by atoms with van der Waals surface area (Å²) in [5.74, 6) is 0.0442. The second kappa shape index (κ2) is 6.89. The Morgan fingerprint density at radius 1 is 1.08 bits per heavy atom. The molecular formula is C22H22N2O2. The number of ether oxygens (including phenoxy) is 1. The van der Waals surface area contributed by atoms with Gasteiger partial charge in [0.2, 0.25) is 0 Å². The van der Waals surface area contributed by atoms with Gasteiger partial charge in [-0.25, -0.2) is 0 Å². The van der Waals surface area contributed by atoms with E-state index in [9.17, 15) is 4.79 Å². The van der Waals surface area contributed by atoms with Crippen LogP contribution in [0.2, 0.25) is 0 Å². The highest BCUT2D eigenvalue weighted by atomic mass is 16.5. The van der Waals surface area contributed by atoms with E-state index in [2.05, 4.69) is 17.1 Å². The molecule has 4 nitrogen and oxygen atoms in total. The molecular weight excluding hydrogens is 324 g/mol. The Kier molecular flexibility index (Phi) is 4.43. The zero-order valence-corrected chi connectivity index (χ0v) is 15.1. The second-order valence-corrected chi connectivity index (χ2v) is 6.88. The number of hydrogen-bond donors (Lipinski definition) is 0. The van der Waals surface area contributed by atoms with Crippen molar-refractivity contribution >= 4 is 16.8 Å². The van der Waals surface area contributed by atoms with Gasteiger partial charge in [-0.15, -0.1) is 0 Å². The van der Waals surface area contributed by atoms with E-state index < -0.39 is 0 Å². The van der Waals surface area contributed by atoms with Gasteiger partial charge in [0.1, 0.15) is 6.10 Å². The van der Waals surface area contributed by atoms with Gasteiger partial charge in [0.15, 0.2) is 0 Å². The summed E-state index contributed by atoms with van der Waals surface area (Å²) in [6, 6.07) is 19.8. The van der Waals surface area contributed by atoms with Crippen LogP contribution < -0.4 is 0 Å². The number of fused-ring (bicyclic) bond motifs is 1. The molecule has 1 fully saturated rings. The van der Waals surface area contributed by atoms with E-state index in [-0.39, 0.29) is 18.1 Å². The molecule has 4 heteroatoms. The van der Waals surface area contributed by atoms with Crippen LogP contribution in [0.25, 0.3) is 10.9 Å². The first-order valence-electron chi connectivity index (χ1n) is 8.98. The van der Waals surface area contributed by atoms with Crippen molar-refractivity contribution in [2.24, 2.45) is 0 Å². The van der Waals surface area contributed by atoms with Crippen molar-refractivity contribution < 1.29 is 9.53 Å². The Balaban J connectivity index is 1.68. The third kappa shape index (κ3) is 3.20. The minimum Gasteiger partial charge on any atom is -0.367 e. The van der Waals surface area contributed by atoms with E-state index in [0.29, 0.717) is 18.7 Å². The maximum Gasteiger partial charge on any atom is 0.254 e. The summed E-state index contributed by atoms with van der Waals surface area (Å²) in [4.78, 5) is 19.8. The average Bonchev–Trinajstić information content (AvgIpc) is 2.67. The van der Waals surface area contributed by atoms with Gasteiger partial charge in [-0.05, 0) is 31.5 Å². The van der Waals surface area contributed by atoms with Crippen LogP contribution in [0.5, 0.6) is 0 Å². The second-order valence-electron chi connectivity index (χ2n) is 6.88. The van der Waals surface area contributed by atoms with Gasteiger partial charge in [0.05, 0.1) is 23.7 Å². The molecule has 0 saturated carbocycles. The molecule has 26 heavy (non-hydrogen) atoms. The standard InChI is InChI=1S/C22H22N2O2/c1-15-12-19(18-10-6-7-11-20(18)23-15)22(25)24-13-16(2)26-21(14-24)17-8-4-3-5-9-17/h3-12,16,21H,13-14H2,1-2H3. The molecule has 2 aromatic carbocycles. The Morgan fingerprint density at radius 3 is 2.62 bits per heavy atom. The van der Waals surface area contributed by atoms with Crippen LogP contribution in [0.1, 0.15) is 34.6 Å². The smallest absolute Gasteiger partial charge is 0.254 e. The summed E-state index contributed by atoms with van der Waals surface area (Å²) >= 11 is 0. The highest BCUT2D eigenvalue weighted by molar-refractivity contribution is 6.06. The molecule has 2 unspecified atom stereocenters. The SMILES string of the molecule is Cc1cc(C(=O)N2CC(C)OC(c3ccccc3)C2)c2ccccc2n1. The van der Waals surface area contributed by atoms with Crippen LogP contribution in [0.3, 0.4) is 0 Å². The van der Waals surface area contributed by atoms with Crippen molar-refractivity contribution in [1.29, 1.82) is 0 Å². The molecule has 3 aromatic rings. The molecule has 0 N–H and O–H groups in total. The number of rotatable bonds is 2. The Labute approximate surface area is 153 Å². The number of nitrogens with zero attached hydrogens (tertiary/aromatic N) is 2. The molecule has 0 spiro atoms. The maximum absolute atomic E-state index is 13.3. The van der Waals surface area contributed by atoms with Crippen molar-refractivity contribution in [2.45, 2.75) is 26.1 Å². The van der Waals surface area contributed by atoms with Crippen molar-refractivity contribution in [3.05, 3.63) is 77.5 Å². The summed E-state index contributed by atoms with van der Waals surface area (Å²) in [6.07, 6.45) is -0.106. The number of pyridine rings is 1. The van der Waals surface area contributed by atoms with Crippen LogP contribution in [-0.4, -0.2) is 35.0 Å². The largest absolute Gasteiger partial charge is 0.367 e. The summed E-state index contributed by atoms with van der Waals surface area (Å²) in [7, 11) is 0. The Hall–Kier alpha value is -2.72. The monoisotopic (exact) mass is 346 g/mol. The number of carbonyl (C=O) groups excluding carboxylic acids is 1. The lowest BCUT2D eigenvalue weighted by molar-refractivity contribution is -0.0691. The van der Waals surface area contributed by atoms with Crippen molar-refractivity contribution in [3.8, 4) is 0 Å². The van der Waals surface area contributed by atoms with E-state index in [4.69, 9.17) is 4.74 Å². The minimum absolute atomic E-state index is 0.00731. The first kappa shape index (κ1) is 16.7. The number of para-hydroxylation sites is 1. The maximum atomic E-state index is 13.3. The number of aryl methyl sites for hydroxylation is 1. The van der Waals surface area contributed by atoms with Gasteiger partial charge in [-0.2, -0.15) is 0 Å². The quantitative estimate of drug-likeness (QED) is 0.700. The van der Waals surface area contributed by atoms with Gasteiger partial charge < -0.3 is 9.64 Å². The van der Waals surface area contributed by atoms with E-state index in [1.165, 1.54) is 0 Å². The number of benzene rings is 2. The number of carbonyl (C=O) groups is 1. The Morgan fingerprint density at radius 2 is 1.81 bits per heavy atom. The summed E-state index contributed by atoms with van der Waals surface area (Å²) < 4.78 is 6.09. The molecule has 1 aliphatic heterocycles. The molecule has 0 radical (unpaired) electrons. The van der Waals surface area contributed by atoms with E-state index >= 15 is 0 Å². The molecule has 2 atom stereocenters. The first-order chi connectivity index (χ1) is 12.6. The van der Waals surface area contributed by atoms with E-state index in [0.717, 1.165) is 22.2 Å². The molecule has 2 heterocycles. The van der Waals surface area contributed by atoms with Crippen LogP contribution in [0, 0.1) is 6.92 Å². The van der Waals surface area contributed by atoms with Gasteiger partial charge in [-0.1, -0.05) is 48.5 Å². The molecule has 1 aliphatic rings. The van der Waals surface area contributed by atoms with Crippen molar-refractivity contribution in [3.63, 3.8) is 0 Å². The van der Waals surface area contributed by atoms with Crippen LogP contribution in [0.4, 0.5) is 0 Å². The van der Waals surface area contributed by atoms with E-state index in [1.807, 2.05) is 67.3 Å². The lowest BCUT2D eigenvalue weighted by Gasteiger charge is -2.37. The fourth-order valence-electron chi connectivity index (χ4n) is 3.62. The van der Waals surface area contributed by atoms with E-state index in [1.54, 1.807) is 0 Å². The minimum atomic E-state index is -0.0990. The highest BCUT2D eigenvalue weighted by Gasteiger charge is 2.30. The van der Waals surface area contributed by atoms with Gasteiger partial charge in [0, 0.05) is 17.6 Å². The van der Waals surface area contributed by atoms with Crippen LogP contribution >= 0.6 is 0 Å². The average molecular weight is 346 g/mol. The zero-order chi connectivity index (χ0) is 18.1. The van der Waals surface area contributed by atoms with Crippen LogP contribution in [0.15, 0.2) is 60.7 Å². The van der Waals surface area contributed by atoms with Gasteiger partial charge >= 0.3 is 0 Å². The third-order valence-electron chi connectivity index (χ3n) is 4.79. The number of morpholine rings is 1. The number of hydrogen-bond acceptors (Lipinski definition) is 3. The van der Waals surface area contributed by atoms with Gasteiger partial charge in [0.25, 0.3) is 5.91 Å². The van der Waals surface area contributed by atoms with Crippen molar-refractivity contribution in [1.82, 2.24) is 9.88 Å². The molecule has 132 valence electrons. The summed E-state index contributed by atoms with van der Waals surface area (Å²) in [6.45, 7) is 5.10. The predicted octanol–water partition coefficient (Wildman–Crippen LogP) is 4.15. The predicted molar refractivity (Wildman–Crippen MR) is 102 cm³/mol. The molecule has 1 amide bonds. The molecule has 0 aliphatic carbocycles. The van der Waals surface area contributed by atoms with Crippen LogP contribution in [-0.2, 0) is 4.74 Å². The van der Waals surface area contributed by atoms with Gasteiger partial charge in [-0.3, -0.25) is 9.78 Å². The molecule has 1 saturated heterocycles. The lowest BCUT2D eigenvalue weighted by Crippen LogP contribution is -2.46. The summed E-state index contributed by atoms with van der Waals surface area (Å²) in [5.41, 5.74) is 3.53. The lowest BCUT2D eigenvalue weighted by atomic mass is 10.0.